The Hall–Kier alpha value is -3.56. The number of pyridine rings is 1. The maximum atomic E-state index is 13.2. The van der Waals surface area contributed by atoms with Crippen LogP contribution >= 0.6 is 0 Å². The zero-order valence-electron chi connectivity index (χ0n) is 23.3. The molecule has 4 heterocycles. The Morgan fingerprint density at radius 3 is 2.45 bits per heavy atom. The number of nitrogens with one attached hydrogen (secondary N) is 1. The fourth-order valence-corrected chi connectivity index (χ4v) is 5.16. The Bertz CT molecular complexity index is 1440. The molecule has 1 amide bonds. The van der Waals surface area contributed by atoms with E-state index in [1.165, 1.54) is 0 Å². The molecule has 0 saturated carbocycles. The van der Waals surface area contributed by atoms with E-state index in [-0.39, 0.29) is 23.9 Å². The van der Waals surface area contributed by atoms with Gasteiger partial charge in [0.2, 0.25) is 5.91 Å². The summed E-state index contributed by atoms with van der Waals surface area (Å²) in [6, 6.07) is 10.6. The van der Waals surface area contributed by atoms with Gasteiger partial charge in [0.1, 0.15) is 6.33 Å². The van der Waals surface area contributed by atoms with Crippen molar-refractivity contribution in [1.29, 1.82) is 0 Å². The highest BCUT2D eigenvalue weighted by molar-refractivity contribution is 5.82. The number of ether oxygens (including phenoxy) is 1. The van der Waals surface area contributed by atoms with Crippen molar-refractivity contribution in [2.24, 2.45) is 0 Å². The molecule has 1 saturated heterocycles. The molecule has 0 radical (unpaired) electrons. The molecule has 0 unspecified atom stereocenters. The van der Waals surface area contributed by atoms with Crippen LogP contribution in [0.5, 0.6) is 0 Å². The van der Waals surface area contributed by atoms with Crippen LogP contribution in [0, 0.1) is 6.92 Å². The van der Waals surface area contributed by atoms with Crippen molar-refractivity contribution in [1.82, 2.24) is 34.6 Å². The first-order chi connectivity index (χ1) is 18.2. The second kappa shape index (κ2) is 10.3. The molecule has 1 N–H and O–H groups in total. The number of hydrogen-bond acceptors (Lipinski definition) is 6. The lowest BCUT2D eigenvalue weighted by atomic mass is 9.93. The number of aryl methyl sites for hydroxylation is 1. The molecule has 38 heavy (non-hydrogen) atoms. The maximum Gasteiger partial charge on any atom is 0.239 e. The van der Waals surface area contributed by atoms with Crippen LogP contribution in [-0.2, 0) is 9.53 Å². The Morgan fingerprint density at radius 1 is 1.11 bits per heavy atom. The van der Waals surface area contributed by atoms with Crippen LogP contribution in [0.2, 0.25) is 0 Å². The van der Waals surface area contributed by atoms with Gasteiger partial charge in [0.05, 0.1) is 42.7 Å². The molecule has 200 valence electrons. The normalized spacial score (nSPS) is 15.7. The van der Waals surface area contributed by atoms with Gasteiger partial charge in [-0.1, -0.05) is 38.1 Å². The third-order valence-corrected chi connectivity index (χ3v) is 7.99. The summed E-state index contributed by atoms with van der Waals surface area (Å²) in [5.74, 6) is 0.364. The summed E-state index contributed by atoms with van der Waals surface area (Å²) in [7, 11) is 3.88. The first-order valence-electron chi connectivity index (χ1n) is 13.2. The number of aromatic amines is 1. The number of nitrogens with zero attached hydrogens (tertiary/aromatic N) is 6. The summed E-state index contributed by atoms with van der Waals surface area (Å²) in [5.41, 5.74) is 8.15. The lowest BCUT2D eigenvalue weighted by molar-refractivity contribution is -0.141. The van der Waals surface area contributed by atoms with Crippen LogP contribution in [0.4, 0.5) is 0 Å². The van der Waals surface area contributed by atoms with Crippen molar-refractivity contribution in [2.75, 3.05) is 27.3 Å². The number of amides is 1. The van der Waals surface area contributed by atoms with Crippen LogP contribution in [0.15, 0.2) is 42.9 Å². The van der Waals surface area contributed by atoms with Crippen molar-refractivity contribution >= 4 is 11.6 Å². The highest BCUT2D eigenvalue weighted by Crippen LogP contribution is 2.36. The van der Waals surface area contributed by atoms with Gasteiger partial charge in [-0.25, -0.2) is 9.50 Å². The summed E-state index contributed by atoms with van der Waals surface area (Å²) in [6.07, 6.45) is 3.55. The standard InChI is InChI=1S/C29H37N7O2/c1-17(2)25-26(32-33-27(25)23-12-18(3)28-30-16-31-36(28)13-23)22-10-8-21(9-11-22)19(4)35(7)29(37)20(5)34(6)24-14-38-15-24/h8-13,16-17,19-20,24H,14-15H2,1-7H3,(H,32,33)/t19-,20-/m0/s1. The molecule has 0 aliphatic carbocycles. The maximum absolute atomic E-state index is 13.2. The van der Waals surface area contributed by atoms with E-state index in [2.05, 4.69) is 71.2 Å². The molecule has 9 nitrogen and oxygen atoms in total. The van der Waals surface area contributed by atoms with Gasteiger partial charge < -0.3 is 9.64 Å². The molecule has 1 aromatic carbocycles. The number of H-pyrrole nitrogens is 1. The topological polar surface area (TPSA) is 91.7 Å². The highest BCUT2D eigenvalue weighted by atomic mass is 16.5. The number of hydrogen-bond donors (Lipinski definition) is 1. The largest absolute Gasteiger partial charge is 0.378 e. The molecule has 2 atom stereocenters. The number of aromatic nitrogens is 5. The zero-order valence-corrected chi connectivity index (χ0v) is 23.3. The summed E-state index contributed by atoms with van der Waals surface area (Å²) in [6.45, 7) is 11.8. The van der Waals surface area contributed by atoms with E-state index in [0.29, 0.717) is 19.3 Å². The minimum absolute atomic E-state index is 0.0516. The van der Waals surface area contributed by atoms with Gasteiger partial charge in [-0.3, -0.25) is 14.8 Å². The fourth-order valence-electron chi connectivity index (χ4n) is 5.16. The minimum atomic E-state index is -0.201. The molecule has 0 bridgehead atoms. The van der Waals surface area contributed by atoms with E-state index in [0.717, 1.165) is 44.9 Å². The lowest BCUT2D eigenvalue weighted by Crippen LogP contribution is -2.55. The average molecular weight is 516 g/mol. The zero-order chi connectivity index (χ0) is 27.1. The molecule has 3 aromatic heterocycles. The average Bonchev–Trinajstić information content (AvgIpc) is 3.54. The molecule has 0 spiro atoms. The Balaban J connectivity index is 1.39. The van der Waals surface area contributed by atoms with Gasteiger partial charge in [-0.05, 0) is 56.5 Å². The minimum Gasteiger partial charge on any atom is -0.378 e. The van der Waals surface area contributed by atoms with E-state index in [1.807, 2.05) is 39.0 Å². The third-order valence-electron chi connectivity index (χ3n) is 7.99. The molecule has 9 heteroatoms. The number of benzene rings is 1. The third kappa shape index (κ3) is 4.61. The first-order valence-corrected chi connectivity index (χ1v) is 13.2. The summed E-state index contributed by atoms with van der Waals surface area (Å²) in [5, 5.41) is 12.4. The second-order valence-corrected chi connectivity index (χ2v) is 10.7. The van der Waals surface area contributed by atoms with Crippen molar-refractivity contribution in [2.45, 2.75) is 58.7 Å². The van der Waals surface area contributed by atoms with E-state index < -0.39 is 0 Å². The van der Waals surface area contributed by atoms with Gasteiger partial charge in [0.25, 0.3) is 0 Å². The van der Waals surface area contributed by atoms with Gasteiger partial charge in [0, 0.05) is 24.4 Å². The number of carbonyl (C=O) groups is 1. The molecule has 1 fully saturated rings. The number of rotatable bonds is 8. The van der Waals surface area contributed by atoms with Crippen molar-refractivity contribution < 1.29 is 9.53 Å². The van der Waals surface area contributed by atoms with Crippen molar-refractivity contribution in [3.05, 3.63) is 59.5 Å². The van der Waals surface area contributed by atoms with E-state index >= 15 is 0 Å². The molecule has 1 aliphatic rings. The SMILES string of the molecule is Cc1cc(-c2n[nH]c(-c3ccc([C@H](C)N(C)C(=O)[C@H](C)N(C)C4COC4)cc3)c2C(C)C)cn2ncnc12. The fraction of sp³-hybridized carbons (Fsp3) is 0.448. The predicted octanol–water partition coefficient (Wildman–Crippen LogP) is 4.46. The molecule has 5 rings (SSSR count). The van der Waals surface area contributed by atoms with Gasteiger partial charge >= 0.3 is 0 Å². The Labute approximate surface area is 223 Å². The molecule has 4 aromatic rings. The monoisotopic (exact) mass is 515 g/mol. The summed E-state index contributed by atoms with van der Waals surface area (Å²) in [4.78, 5) is 21.5. The van der Waals surface area contributed by atoms with E-state index in [9.17, 15) is 4.79 Å². The second-order valence-electron chi connectivity index (χ2n) is 10.7. The predicted molar refractivity (Wildman–Crippen MR) is 148 cm³/mol. The first kappa shape index (κ1) is 26.1. The van der Waals surface area contributed by atoms with Crippen LogP contribution in [0.3, 0.4) is 0 Å². The quantitative estimate of drug-likeness (QED) is 0.373. The number of carbonyl (C=O) groups excluding carboxylic acids is 1. The summed E-state index contributed by atoms with van der Waals surface area (Å²) >= 11 is 0. The Morgan fingerprint density at radius 2 is 1.82 bits per heavy atom. The molecular formula is C29H37N7O2. The molecular weight excluding hydrogens is 478 g/mol. The smallest absolute Gasteiger partial charge is 0.239 e. The van der Waals surface area contributed by atoms with Crippen LogP contribution in [-0.4, -0.2) is 79.9 Å². The van der Waals surface area contributed by atoms with E-state index in [1.54, 1.807) is 10.8 Å². The van der Waals surface area contributed by atoms with Crippen LogP contribution < -0.4 is 0 Å². The van der Waals surface area contributed by atoms with Crippen molar-refractivity contribution in [3.8, 4) is 22.5 Å². The number of fused-ring (bicyclic) bond motifs is 1. The number of likely N-dealkylation sites (N-methyl/N-ethyl adjacent to an activating group) is 2. The van der Waals surface area contributed by atoms with Gasteiger partial charge in [0.15, 0.2) is 5.65 Å². The Kier molecular flexibility index (Phi) is 7.07. The van der Waals surface area contributed by atoms with Crippen LogP contribution in [0.1, 0.15) is 56.3 Å². The van der Waals surface area contributed by atoms with Gasteiger partial charge in [-0.15, -0.1) is 0 Å². The van der Waals surface area contributed by atoms with Crippen molar-refractivity contribution in [3.63, 3.8) is 0 Å². The summed E-state index contributed by atoms with van der Waals surface area (Å²) < 4.78 is 7.10. The molecule has 1 aliphatic heterocycles. The van der Waals surface area contributed by atoms with Crippen LogP contribution in [0.25, 0.3) is 28.2 Å². The highest BCUT2D eigenvalue weighted by Gasteiger charge is 2.32. The van der Waals surface area contributed by atoms with E-state index in [4.69, 9.17) is 9.84 Å². The lowest BCUT2D eigenvalue weighted by Gasteiger charge is -2.39. The van der Waals surface area contributed by atoms with Gasteiger partial charge in [-0.2, -0.15) is 10.2 Å².